The number of pyridine rings is 1. The first kappa shape index (κ1) is 13.3. The smallest absolute Gasteiger partial charge is 0.103 e. The molecule has 1 nitrogen and oxygen atoms in total. The van der Waals surface area contributed by atoms with Gasteiger partial charge in [0.15, 0.2) is 0 Å². The first-order valence-corrected chi connectivity index (χ1v) is 7.27. The van der Waals surface area contributed by atoms with E-state index in [1.165, 1.54) is 36.1 Å². The summed E-state index contributed by atoms with van der Waals surface area (Å²) in [5.41, 5.74) is 3.94. The Kier molecular flexibility index (Phi) is 5.61. The third-order valence-electron chi connectivity index (χ3n) is 2.71. The van der Waals surface area contributed by atoms with Gasteiger partial charge in [-0.05, 0) is 43.6 Å². The fourth-order valence-electron chi connectivity index (χ4n) is 1.94. The highest BCUT2D eigenvalue weighted by atomic mass is 32.2. The molecule has 1 aromatic heterocycles. The molecule has 0 bridgehead atoms. The van der Waals surface area contributed by atoms with Crippen molar-refractivity contribution in [2.24, 2.45) is 0 Å². The molecule has 0 N–H and O–H groups in total. The van der Waals surface area contributed by atoms with E-state index in [4.69, 9.17) is 4.98 Å². The van der Waals surface area contributed by atoms with Gasteiger partial charge in [0, 0.05) is 11.3 Å². The van der Waals surface area contributed by atoms with E-state index < -0.39 is 0 Å². The second kappa shape index (κ2) is 6.74. The van der Waals surface area contributed by atoms with Crippen LogP contribution in [-0.2, 0) is 12.8 Å². The Hall–Kier alpha value is -0.760. The second-order valence-electron chi connectivity index (χ2n) is 3.60. The highest BCUT2D eigenvalue weighted by molar-refractivity contribution is 7.98. The van der Waals surface area contributed by atoms with Gasteiger partial charge in [-0.3, -0.25) is 0 Å². The maximum Gasteiger partial charge on any atom is 0.103 e. The van der Waals surface area contributed by atoms with Crippen molar-refractivity contribution in [1.82, 2.24) is 4.98 Å². The van der Waals surface area contributed by atoms with Gasteiger partial charge in [-0.25, -0.2) is 4.98 Å². The normalized spacial score (nSPS) is 13.4. The molecular formula is C14H21NS. The summed E-state index contributed by atoms with van der Waals surface area (Å²) in [7, 11) is 0. The molecule has 1 aromatic rings. The Morgan fingerprint density at radius 2 is 2.00 bits per heavy atom. The first-order chi connectivity index (χ1) is 7.85. The molecule has 0 spiro atoms. The van der Waals surface area contributed by atoms with Gasteiger partial charge in [-0.2, -0.15) is 0 Å². The minimum Gasteiger partial charge on any atom is -0.246 e. The van der Waals surface area contributed by atoms with Crippen LogP contribution >= 0.6 is 11.8 Å². The summed E-state index contributed by atoms with van der Waals surface area (Å²) in [6.45, 7) is 7.84. The Morgan fingerprint density at radius 1 is 1.31 bits per heavy atom. The number of hydrogen-bond acceptors (Lipinski definition) is 2. The van der Waals surface area contributed by atoms with E-state index in [0.29, 0.717) is 0 Å². The lowest BCUT2D eigenvalue weighted by Crippen LogP contribution is -2.06. The Labute approximate surface area is 103 Å². The van der Waals surface area contributed by atoms with Crippen molar-refractivity contribution in [2.75, 3.05) is 6.26 Å². The Balaban J connectivity index is 0.000000606. The van der Waals surface area contributed by atoms with Crippen LogP contribution in [-0.4, -0.2) is 11.2 Å². The van der Waals surface area contributed by atoms with Crippen LogP contribution in [0, 0.1) is 0 Å². The highest BCUT2D eigenvalue weighted by Crippen LogP contribution is 2.26. The molecule has 0 aromatic carbocycles. The van der Waals surface area contributed by atoms with Gasteiger partial charge >= 0.3 is 0 Å². The largest absolute Gasteiger partial charge is 0.246 e. The zero-order valence-corrected chi connectivity index (χ0v) is 11.4. The molecule has 0 amide bonds. The summed E-state index contributed by atoms with van der Waals surface area (Å²) in [5.74, 6) is 0. The van der Waals surface area contributed by atoms with E-state index in [1.807, 2.05) is 19.9 Å². The molecule has 0 unspecified atom stereocenters. The Morgan fingerprint density at radius 3 is 2.62 bits per heavy atom. The van der Waals surface area contributed by atoms with Crippen molar-refractivity contribution >= 4 is 17.8 Å². The summed E-state index contributed by atoms with van der Waals surface area (Å²) >= 11 is 1.71. The van der Waals surface area contributed by atoms with Crippen LogP contribution in [0.2, 0.25) is 0 Å². The quantitative estimate of drug-likeness (QED) is 0.707. The summed E-state index contributed by atoms with van der Waals surface area (Å²) in [6, 6.07) is 2.26. The molecule has 1 aliphatic carbocycles. The maximum absolute atomic E-state index is 4.69. The fourth-order valence-corrected chi connectivity index (χ4v) is 2.52. The van der Waals surface area contributed by atoms with E-state index in [1.54, 1.807) is 11.8 Å². The predicted molar refractivity (Wildman–Crippen MR) is 74.1 cm³/mol. The summed E-state index contributed by atoms with van der Waals surface area (Å²) in [4.78, 5) is 4.69. The minimum atomic E-state index is 1.13. The average Bonchev–Trinajstić information content (AvgIpc) is 2.39. The van der Waals surface area contributed by atoms with Gasteiger partial charge in [0.2, 0.25) is 0 Å². The van der Waals surface area contributed by atoms with Gasteiger partial charge in [0.1, 0.15) is 5.03 Å². The van der Waals surface area contributed by atoms with E-state index in [2.05, 4.69) is 18.9 Å². The predicted octanol–water partition coefficient (Wildman–Crippen LogP) is 4.35. The van der Waals surface area contributed by atoms with E-state index >= 15 is 0 Å². The molecule has 0 atom stereocenters. The molecule has 88 valence electrons. The minimum absolute atomic E-state index is 1.13. The SMILES string of the molecule is C=Cc1cc2c(nc1SC)CCCC2.CC. The molecule has 1 heterocycles. The molecule has 1 aliphatic rings. The molecule has 2 heteroatoms. The third kappa shape index (κ3) is 2.88. The third-order valence-corrected chi connectivity index (χ3v) is 3.42. The number of nitrogens with zero attached hydrogens (tertiary/aromatic N) is 1. The zero-order chi connectivity index (χ0) is 12.0. The molecule has 16 heavy (non-hydrogen) atoms. The molecule has 0 saturated carbocycles. The molecule has 0 saturated heterocycles. The van der Waals surface area contributed by atoms with Crippen molar-refractivity contribution in [2.45, 2.75) is 44.6 Å². The van der Waals surface area contributed by atoms with Gasteiger partial charge in [-0.1, -0.05) is 26.5 Å². The lowest BCUT2D eigenvalue weighted by atomic mass is 9.95. The summed E-state index contributed by atoms with van der Waals surface area (Å²) in [6.07, 6.45) is 8.93. The number of rotatable bonds is 2. The van der Waals surface area contributed by atoms with Crippen molar-refractivity contribution in [1.29, 1.82) is 0 Å². The van der Waals surface area contributed by atoms with Crippen LogP contribution in [0.1, 0.15) is 43.5 Å². The number of hydrogen-bond donors (Lipinski definition) is 0. The number of aromatic nitrogens is 1. The van der Waals surface area contributed by atoms with Crippen LogP contribution in [0.4, 0.5) is 0 Å². The second-order valence-corrected chi connectivity index (χ2v) is 4.40. The van der Waals surface area contributed by atoms with Crippen molar-refractivity contribution in [3.05, 3.63) is 29.5 Å². The molecule has 0 fully saturated rings. The fraction of sp³-hybridized carbons (Fsp3) is 0.500. The standard InChI is InChI=1S/C12H15NS.C2H6/c1-3-9-8-10-6-4-5-7-11(10)13-12(9)14-2;1-2/h3,8H,1,4-7H2,2H3;1-2H3. The van der Waals surface area contributed by atoms with Crippen LogP contribution in [0.3, 0.4) is 0 Å². The van der Waals surface area contributed by atoms with Gasteiger partial charge in [0.25, 0.3) is 0 Å². The van der Waals surface area contributed by atoms with Crippen LogP contribution in [0.15, 0.2) is 17.7 Å². The van der Waals surface area contributed by atoms with E-state index in [-0.39, 0.29) is 0 Å². The summed E-state index contributed by atoms with van der Waals surface area (Å²) < 4.78 is 0. The van der Waals surface area contributed by atoms with E-state index in [0.717, 1.165) is 11.4 Å². The lowest BCUT2D eigenvalue weighted by molar-refractivity contribution is 0.660. The highest BCUT2D eigenvalue weighted by Gasteiger charge is 2.13. The van der Waals surface area contributed by atoms with Gasteiger partial charge < -0.3 is 0 Å². The van der Waals surface area contributed by atoms with Gasteiger partial charge in [-0.15, -0.1) is 11.8 Å². The number of thioether (sulfide) groups is 1. The van der Waals surface area contributed by atoms with Crippen LogP contribution in [0.5, 0.6) is 0 Å². The van der Waals surface area contributed by atoms with E-state index in [9.17, 15) is 0 Å². The van der Waals surface area contributed by atoms with Crippen molar-refractivity contribution in [3.8, 4) is 0 Å². The molecule has 0 radical (unpaired) electrons. The summed E-state index contributed by atoms with van der Waals surface area (Å²) in [5, 5.41) is 1.13. The van der Waals surface area contributed by atoms with Crippen molar-refractivity contribution < 1.29 is 0 Å². The molecule has 0 aliphatic heterocycles. The number of fused-ring (bicyclic) bond motifs is 1. The van der Waals surface area contributed by atoms with Crippen molar-refractivity contribution in [3.63, 3.8) is 0 Å². The zero-order valence-electron chi connectivity index (χ0n) is 10.5. The maximum atomic E-state index is 4.69. The van der Waals surface area contributed by atoms with Crippen LogP contribution < -0.4 is 0 Å². The topological polar surface area (TPSA) is 12.9 Å². The number of aryl methyl sites for hydroxylation is 2. The molecular weight excluding hydrogens is 214 g/mol. The first-order valence-electron chi connectivity index (χ1n) is 6.04. The lowest BCUT2D eigenvalue weighted by Gasteiger charge is -2.16. The van der Waals surface area contributed by atoms with Gasteiger partial charge in [0.05, 0.1) is 0 Å². The average molecular weight is 235 g/mol. The monoisotopic (exact) mass is 235 g/mol. The Bertz CT molecular complexity index is 358. The van der Waals surface area contributed by atoms with Crippen LogP contribution in [0.25, 0.3) is 6.08 Å². The molecule has 2 rings (SSSR count).